The highest BCUT2D eigenvalue weighted by molar-refractivity contribution is 5.02. The highest BCUT2D eigenvalue weighted by Gasteiger charge is 2.02. The number of aliphatic hydroxyl groups excluding tert-OH is 1. The van der Waals surface area contributed by atoms with Gasteiger partial charge < -0.3 is 10.4 Å². The van der Waals surface area contributed by atoms with Crippen LogP contribution in [0.25, 0.3) is 0 Å². The molecule has 0 saturated carbocycles. The summed E-state index contributed by atoms with van der Waals surface area (Å²) in [5.74, 6) is 0. The van der Waals surface area contributed by atoms with Crippen molar-refractivity contribution in [3.05, 3.63) is 11.6 Å². The molecule has 0 aliphatic heterocycles. The third-order valence-electron chi connectivity index (χ3n) is 1.65. The first kappa shape index (κ1) is 9.66. The van der Waals surface area contributed by atoms with Crippen LogP contribution < -0.4 is 5.32 Å². The molecule has 2 heteroatoms. The Balaban J connectivity index is 3.51. The molecule has 2 N–H and O–H groups in total. The zero-order valence-electron chi connectivity index (χ0n) is 7.02. The van der Waals surface area contributed by atoms with Gasteiger partial charge in [0.25, 0.3) is 0 Å². The van der Waals surface area contributed by atoms with Crippen molar-refractivity contribution in [2.45, 2.75) is 26.4 Å². The second kappa shape index (κ2) is 5.45. The second-order valence-electron chi connectivity index (χ2n) is 2.44. The van der Waals surface area contributed by atoms with Crippen molar-refractivity contribution < 1.29 is 5.11 Å². The van der Waals surface area contributed by atoms with Crippen LogP contribution in [0, 0.1) is 0 Å². The number of aliphatic hydroxyl groups is 1. The highest BCUT2D eigenvalue weighted by Crippen LogP contribution is 2.03. The van der Waals surface area contributed by atoms with E-state index in [-0.39, 0.29) is 6.10 Å². The summed E-state index contributed by atoms with van der Waals surface area (Å²) in [5, 5.41) is 12.3. The van der Waals surface area contributed by atoms with Gasteiger partial charge in [0.15, 0.2) is 0 Å². The van der Waals surface area contributed by atoms with E-state index in [2.05, 4.69) is 5.32 Å². The van der Waals surface area contributed by atoms with Crippen molar-refractivity contribution in [2.24, 2.45) is 0 Å². The molecule has 1 atom stereocenters. The number of hydrogen-bond donors (Lipinski definition) is 2. The van der Waals surface area contributed by atoms with Gasteiger partial charge in [0, 0.05) is 0 Å². The Bertz CT molecular complexity index is 110. The van der Waals surface area contributed by atoms with E-state index in [9.17, 15) is 5.11 Å². The van der Waals surface area contributed by atoms with E-state index in [4.69, 9.17) is 0 Å². The largest absolute Gasteiger partial charge is 0.389 e. The first-order valence-electron chi connectivity index (χ1n) is 3.67. The summed E-state index contributed by atoms with van der Waals surface area (Å²) < 4.78 is 0. The van der Waals surface area contributed by atoms with Crippen LogP contribution in [-0.2, 0) is 0 Å². The van der Waals surface area contributed by atoms with Crippen molar-refractivity contribution >= 4 is 0 Å². The molecule has 0 amide bonds. The zero-order chi connectivity index (χ0) is 7.98. The first-order valence-corrected chi connectivity index (χ1v) is 3.67. The van der Waals surface area contributed by atoms with Gasteiger partial charge in [-0.15, -0.1) is 0 Å². The van der Waals surface area contributed by atoms with Gasteiger partial charge in [0.1, 0.15) is 0 Å². The summed E-state index contributed by atoms with van der Waals surface area (Å²) >= 11 is 0. The Morgan fingerprint density at radius 1 is 1.70 bits per heavy atom. The maximum Gasteiger partial charge on any atom is 0.0759 e. The van der Waals surface area contributed by atoms with Gasteiger partial charge >= 0.3 is 0 Å². The maximum absolute atomic E-state index is 9.34. The van der Waals surface area contributed by atoms with E-state index in [0.717, 1.165) is 18.5 Å². The zero-order valence-corrected chi connectivity index (χ0v) is 7.02. The minimum absolute atomic E-state index is 0.266. The SMILES string of the molecule is C/C=C(\C)C(O)CCNC. The van der Waals surface area contributed by atoms with E-state index in [1.54, 1.807) is 0 Å². The van der Waals surface area contributed by atoms with Crippen molar-refractivity contribution in [1.29, 1.82) is 0 Å². The van der Waals surface area contributed by atoms with Gasteiger partial charge in [-0.05, 0) is 39.4 Å². The fourth-order valence-electron chi connectivity index (χ4n) is 0.701. The van der Waals surface area contributed by atoms with E-state index in [1.807, 2.05) is 27.0 Å². The second-order valence-corrected chi connectivity index (χ2v) is 2.44. The Morgan fingerprint density at radius 2 is 2.30 bits per heavy atom. The molecular weight excluding hydrogens is 126 g/mol. The first-order chi connectivity index (χ1) is 4.72. The topological polar surface area (TPSA) is 32.3 Å². The lowest BCUT2D eigenvalue weighted by Gasteiger charge is -2.09. The van der Waals surface area contributed by atoms with E-state index < -0.39 is 0 Å². The van der Waals surface area contributed by atoms with Gasteiger partial charge in [-0.2, -0.15) is 0 Å². The van der Waals surface area contributed by atoms with Crippen molar-refractivity contribution in [3.8, 4) is 0 Å². The Morgan fingerprint density at radius 3 is 2.70 bits per heavy atom. The molecule has 0 fully saturated rings. The van der Waals surface area contributed by atoms with Crippen LogP contribution >= 0.6 is 0 Å². The van der Waals surface area contributed by atoms with Crippen LogP contribution in [0.4, 0.5) is 0 Å². The van der Waals surface area contributed by atoms with Gasteiger partial charge in [-0.3, -0.25) is 0 Å². The lowest BCUT2D eigenvalue weighted by molar-refractivity contribution is 0.200. The predicted octanol–water partition coefficient (Wildman–Crippen LogP) is 0.923. The van der Waals surface area contributed by atoms with Gasteiger partial charge in [-0.1, -0.05) is 6.08 Å². The van der Waals surface area contributed by atoms with Crippen LogP contribution in [0.2, 0.25) is 0 Å². The van der Waals surface area contributed by atoms with Crippen LogP contribution in [0.1, 0.15) is 20.3 Å². The van der Waals surface area contributed by atoms with Gasteiger partial charge in [0.2, 0.25) is 0 Å². The Hall–Kier alpha value is -0.340. The quantitative estimate of drug-likeness (QED) is 0.574. The standard InChI is InChI=1S/C8H17NO/c1-4-7(2)8(10)5-6-9-3/h4,8-10H,5-6H2,1-3H3/b7-4+. The molecular formula is C8H17NO. The number of nitrogens with one attached hydrogen (secondary N) is 1. The molecule has 0 aromatic carbocycles. The van der Waals surface area contributed by atoms with Crippen molar-refractivity contribution in [2.75, 3.05) is 13.6 Å². The number of rotatable bonds is 4. The molecule has 0 aromatic rings. The predicted molar refractivity (Wildman–Crippen MR) is 44.0 cm³/mol. The molecule has 0 bridgehead atoms. The smallest absolute Gasteiger partial charge is 0.0759 e. The summed E-state index contributed by atoms with van der Waals surface area (Å²) in [6.45, 7) is 4.75. The molecule has 0 aromatic heterocycles. The Kier molecular flexibility index (Phi) is 5.26. The molecule has 60 valence electrons. The number of hydrogen-bond acceptors (Lipinski definition) is 2. The summed E-state index contributed by atoms with van der Waals surface area (Å²) in [6, 6.07) is 0. The third-order valence-corrected chi connectivity index (χ3v) is 1.65. The van der Waals surface area contributed by atoms with Crippen LogP contribution in [-0.4, -0.2) is 24.8 Å². The van der Waals surface area contributed by atoms with Gasteiger partial charge in [0.05, 0.1) is 6.10 Å². The molecule has 10 heavy (non-hydrogen) atoms. The molecule has 1 unspecified atom stereocenters. The van der Waals surface area contributed by atoms with Crippen molar-refractivity contribution in [3.63, 3.8) is 0 Å². The van der Waals surface area contributed by atoms with E-state index >= 15 is 0 Å². The number of allylic oxidation sites excluding steroid dienone is 1. The summed E-state index contributed by atoms with van der Waals surface area (Å²) in [5.41, 5.74) is 1.05. The lowest BCUT2D eigenvalue weighted by Crippen LogP contribution is -2.17. The fourth-order valence-corrected chi connectivity index (χ4v) is 0.701. The average molecular weight is 143 g/mol. The normalized spacial score (nSPS) is 15.4. The minimum Gasteiger partial charge on any atom is -0.389 e. The van der Waals surface area contributed by atoms with Crippen LogP contribution in [0.3, 0.4) is 0 Å². The molecule has 0 saturated heterocycles. The molecule has 0 rings (SSSR count). The summed E-state index contributed by atoms with van der Waals surface area (Å²) in [6.07, 6.45) is 2.48. The van der Waals surface area contributed by atoms with Gasteiger partial charge in [-0.25, -0.2) is 0 Å². The monoisotopic (exact) mass is 143 g/mol. The molecule has 2 nitrogen and oxygen atoms in total. The van der Waals surface area contributed by atoms with E-state index in [0.29, 0.717) is 0 Å². The highest BCUT2D eigenvalue weighted by atomic mass is 16.3. The molecule has 0 spiro atoms. The molecule has 0 heterocycles. The maximum atomic E-state index is 9.34. The average Bonchev–Trinajstić information content (AvgIpc) is 1.98. The summed E-state index contributed by atoms with van der Waals surface area (Å²) in [4.78, 5) is 0. The third kappa shape index (κ3) is 3.64. The van der Waals surface area contributed by atoms with Crippen LogP contribution in [0.5, 0.6) is 0 Å². The minimum atomic E-state index is -0.266. The summed E-state index contributed by atoms with van der Waals surface area (Å²) in [7, 11) is 1.89. The molecule has 0 aliphatic rings. The molecule has 0 aliphatic carbocycles. The van der Waals surface area contributed by atoms with E-state index in [1.165, 1.54) is 0 Å². The molecule has 0 radical (unpaired) electrons. The van der Waals surface area contributed by atoms with Crippen molar-refractivity contribution in [1.82, 2.24) is 5.32 Å². The van der Waals surface area contributed by atoms with Crippen LogP contribution in [0.15, 0.2) is 11.6 Å². The fraction of sp³-hybridized carbons (Fsp3) is 0.750. The lowest BCUT2D eigenvalue weighted by atomic mass is 10.1. The Labute approximate surface area is 62.9 Å².